The highest BCUT2D eigenvalue weighted by Gasteiger charge is 2.18. The molecule has 3 amide bonds. The molecule has 1 aliphatic heterocycles. The molecular weight excluding hydrogens is 290 g/mol. The lowest BCUT2D eigenvalue weighted by molar-refractivity contribution is 0.0724. The van der Waals surface area contributed by atoms with E-state index in [1.165, 1.54) is 6.42 Å². The maximum atomic E-state index is 12.5. The summed E-state index contributed by atoms with van der Waals surface area (Å²) < 4.78 is 0. The first kappa shape index (κ1) is 17.3. The van der Waals surface area contributed by atoms with Crippen LogP contribution in [-0.4, -0.2) is 36.5 Å². The summed E-state index contributed by atoms with van der Waals surface area (Å²) >= 11 is 0. The number of rotatable bonds is 6. The van der Waals surface area contributed by atoms with Gasteiger partial charge in [-0.25, -0.2) is 4.79 Å². The molecule has 1 aromatic carbocycles. The third-order valence-electron chi connectivity index (χ3n) is 4.08. The second kappa shape index (κ2) is 9.18. The van der Waals surface area contributed by atoms with E-state index in [1.54, 1.807) is 18.2 Å². The van der Waals surface area contributed by atoms with Crippen LogP contribution in [0.25, 0.3) is 0 Å². The van der Waals surface area contributed by atoms with Gasteiger partial charge in [-0.15, -0.1) is 0 Å². The molecule has 1 aliphatic rings. The summed E-state index contributed by atoms with van der Waals surface area (Å²) in [4.78, 5) is 26.2. The number of amides is 3. The zero-order valence-electron chi connectivity index (χ0n) is 13.9. The molecule has 2 N–H and O–H groups in total. The van der Waals surface area contributed by atoms with Gasteiger partial charge in [-0.05, 0) is 43.9 Å². The Morgan fingerprint density at radius 2 is 1.91 bits per heavy atom. The average molecular weight is 317 g/mol. The summed E-state index contributed by atoms with van der Waals surface area (Å²) in [5.74, 6) is 0.0525. The standard InChI is InChI=1S/C18H27N3O2/c1-2-3-5-11-19-18(23)20-16-10-8-9-15(14-16)17(22)21-12-6-4-7-13-21/h8-10,14H,2-7,11-13H2,1H3,(H2,19,20,23). The summed E-state index contributed by atoms with van der Waals surface area (Å²) in [6, 6.07) is 6.95. The van der Waals surface area contributed by atoms with Crippen molar-refractivity contribution in [3.05, 3.63) is 29.8 Å². The SMILES string of the molecule is CCCCCNC(=O)Nc1cccc(C(=O)N2CCCCC2)c1. The molecule has 5 heteroatoms. The van der Waals surface area contributed by atoms with Gasteiger partial charge < -0.3 is 15.5 Å². The van der Waals surface area contributed by atoms with Gasteiger partial charge in [0.25, 0.3) is 5.91 Å². The Morgan fingerprint density at radius 1 is 1.13 bits per heavy atom. The molecule has 1 saturated heterocycles. The van der Waals surface area contributed by atoms with Crippen LogP contribution in [0.15, 0.2) is 24.3 Å². The van der Waals surface area contributed by atoms with Crippen molar-refractivity contribution in [3.63, 3.8) is 0 Å². The van der Waals surface area contributed by atoms with Crippen molar-refractivity contribution >= 4 is 17.6 Å². The summed E-state index contributed by atoms with van der Waals surface area (Å²) in [6.45, 7) is 4.46. The smallest absolute Gasteiger partial charge is 0.319 e. The fourth-order valence-electron chi connectivity index (χ4n) is 2.76. The number of likely N-dealkylation sites (tertiary alicyclic amines) is 1. The second-order valence-corrected chi connectivity index (χ2v) is 6.02. The van der Waals surface area contributed by atoms with E-state index in [1.807, 2.05) is 11.0 Å². The van der Waals surface area contributed by atoms with Crippen LogP contribution in [0.3, 0.4) is 0 Å². The van der Waals surface area contributed by atoms with Gasteiger partial charge in [-0.1, -0.05) is 25.8 Å². The number of urea groups is 1. The first-order valence-electron chi connectivity index (χ1n) is 8.65. The minimum atomic E-state index is -0.219. The molecule has 5 nitrogen and oxygen atoms in total. The molecule has 0 aromatic heterocycles. The van der Waals surface area contributed by atoms with Crippen molar-refractivity contribution < 1.29 is 9.59 Å². The lowest BCUT2D eigenvalue weighted by Crippen LogP contribution is -2.35. The zero-order valence-corrected chi connectivity index (χ0v) is 13.9. The maximum absolute atomic E-state index is 12.5. The lowest BCUT2D eigenvalue weighted by atomic mass is 10.1. The molecule has 1 fully saturated rings. The van der Waals surface area contributed by atoms with E-state index in [2.05, 4.69) is 17.6 Å². The Labute approximate surface area is 138 Å². The van der Waals surface area contributed by atoms with E-state index in [0.717, 1.165) is 45.2 Å². The summed E-state index contributed by atoms with van der Waals surface area (Å²) in [5.41, 5.74) is 1.29. The van der Waals surface area contributed by atoms with Crippen molar-refractivity contribution in [2.75, 3.05) is 25.0 Å². The van der Waals surface area contributed by atoms with E-state index in [4.69, 9.17) is 0 Å². The molecule has 2 rings (SSSR count). The van der Waals surface area contributed by atoms with Crippen molar-refractivity contribution in [2.24, 2.45) is 0 Å². The van der Waals surface area contributed by atoms with Gasteiger partial charge in [0.2, 0.25) is 0 Å². The van der Waals surface area contributed by atoms with E-state index in [0.29, 0.717) is 17.8 Å². The van der Waals surface area contributed by atoms with Crippen LogP contribution >= 0.6 is 0 Å². The molecule has 0 radical (unpaired) electrons. The fourth-order valence-corrected chi connectivity index (χ4v) is 2.76. The molecule has 1 aromatic rings. The molecular formula is C18H27N3O2. The first-order valence-corrected chi connectivity index (χ1v) is 8.65. The number of hydrogen-bond donors (Lipinski definition) is 2. The lowest BCUT2D eigenvalue weighted by Gasteiger charge is -2.26. The van der Waals surface area contributed by atoms with E-state index >= 15 is 0 Å². The summed E-state index contributed by atoms with van der Waals surface area (Å²) in [5, 5.41) is 5.63. The third-order valence-corrected chi connectivity index (χ3v) is 4.08. The van der Waals surface area contributed by atoms with E-state index in [9.17, 15) is 9.59 Å². The largest absolute Gasteiger partial charge is 0.339 e. The number of unbranched alkanes of at least 4 members (excludes halogenated alkanes) is 2. The molecule has 126 valence electrons. The van der Waals surface area contributed by atoms with Crippen LogP contribution in [0.4, 0.5) is 10.5 Å². The Hall–Kier alpha value is -2.04. The molecule has 1 heterocycles. The fraction of sp³-hybridized carbons (Fsp3) is 0.556. The van der Waals surface area contributed by atoms with Crippen molar-refractivity contribution in [1.82, 2.24) is 10.2 Å². The van der Waals surface area contributed by atoms with Gasteiger partial charge in [0.15, 0.2) is 0 Å². The normalized spacial score (nSPS) is 14.4. The number of benzene rings is 1. The average Bonchev–Trinajstić information content (AvgIpc) is 2.59. The number of nitrogens with zero attached hydrogens (tertiary/aromatic N) is 1. The Bertz CT molecular complexity index is 525. The van der Waals surface area contributed by atoms with Crippen LogP contribution in [0.1, 0.15) is 55.8 Å². The Balaban J connectivity index is 1.88. The van der Waals surface area contributed by atoms with Crippen LogP contribution in [0.2, 0.25) is 0 Å². The number of carbonyl (C=O) groups excluding carboxylic acids is 2. The van der Waals surface area contributed by atoms with Crippen LogP contribution in [0, 0.1) is 0 Å². The van der Waals surface area contributed by atoms with Gasteiger partial charge in [0.1, 0.15) is 0 Å². The van der Waals surface area contributed by atoms with Crippen molar-refractivity contribution in [1.29, 1.82) is 0 Å². The predicted molar refractivity (Wildman–Crippen MR) is 92.7 cm³/mol. The van der Waals surface area contributed by atoms with Crippen molar-refractivity contribution in [2.45, 2.75) is 45.4 Å². The minimum Gasteiger partial charge on any atom is -0.339 e. The first-order chi connectivity index (χ1) is 11.2. The highest BCUT2D eigenvalue weighted by Crippen LogP contribution is 2.16. The topological polar surface area (TPSA) is 61.4 Å². The van der Waals surface area contributed by atoms with Gasteiger partial charge in [0.05, 0.1) is 0 Å². The van der Waals surface area contributed by atoms with E-state index < -0.39 is 0 Å². The summed E-state index contributed by atoms with van der Waals surface area (Å²) in [7, 11) is 0. The van der Waals surface area contributed by atoms with Gasteiger partial charge in [-0.3, -0.25) is 4.79 Å². The van der Waals surface area contributed by atoms with Gasteiger partial charge in [0, 0.05) is 30.9 Å². The molecule has 0 spiro atoms. The van der Waals surface area contributed by atoms with E-state index in [-0.39, 0.29) is 11.9 Å². The zero-order chi connectivity index (χ0) is 16.5. The number of nitrogens with one attached hydrogen (secondary N) is 2. The molecule has 0 aliphatic carbocycles. The summed E-state index contributed by atoms with van der Waals surface area (Å²) in [6.07, 6.45) is 6.57. The molecule has 0 atom stereocenters. The van der Waals surface area contributed by atoms with Crippen LogP contribution in [-0.2, 0) is 0 Å². The maximum Gasteiger partial charge on any atom is 0.319 e. The van der Waals surface area contributed by atoms with Gasteiger partial charge >= 0.3 is 6.03 Å². The highest BCUT2D eigenvalue weighted by molar-refractivity contribution is 5.96. The second-order valence-electron chi connectivity index (χ2n) is 6.02. The number of piperidine rings is 1. The van der Waals surface area contributed by atoms with Crippen molar-refractivity contribution in [3.8, 4) is 0 Å². The number of hydrogen-bond acceptors (Lipinski definition) is 2. The molecule has 23 heavy (non-hydrogen) atoms. The quantitative estimate of drug-likeness (QED) is 0.787. The highest BCUT2D eigenvalue weighted by atomic mass is 16.2. The Kier molecular flexibility index (Phi) is 6.91. The van der Waals surface area contributed by atoms with Crippen LogP contribution in [0.5, 0.6) is 0 Å². The molecule has 0 unspecified atom stereocenters. The Morgan fingerprint density at radius 3 is 2.65 bits per heavy atom. The third kappa shape index (κ3) is 5.58. The predicted octanol–water partition coefficient (Wildman–Crippen LogP) is 3.62. The monoisotopic (exact) mass is 317 g/mol. The molecule has 0 bridgehead atoms. The number of anilines is 1. The number of carbonyl (C=O) groups is 2. The van der Waals surface area contributed by atoms with Crippen LogP contribution < -0.4 is 10.6 Å². The minimum absolute atomic E-state index is 0.0525. The van der Waals surface area contributed by atoms with Gasteiger partial charge in [-0.2, -0.15) is 0 Å². The molecule has 0 saturated carbocycles.